The third-order valence-corrected chi connectivity index (χ3v) is 5.62. The highest BCUT2D eigenvalue weighted by Crippen LogP contribution is 2.29. The number of methoxy groups -OCH3 is 2. The summed E-state index contributed by atoms with van der Waals surface area (Å²) in [5.74, 6) is -0.0289. The van der Waals surface area contributed by atoms with Gasteiger partial charge in [-0.25, -0.2) is 13.1 Å². The molecule has 0 spiro atoms. The van der Waals surface area contributed by atoms with Crippen molar-refractivity contribution >= 4 is 27.5 Å². The first-order chi connectivity index (χ1) is 14.3. The highest BCUT2D eigenvalue weighted by molar-refractivity contribution is 7.89. The van der Waals surface area contributed by atoms with Crippen LogP contribution in [0.3, 0.4) is 0 Å². The zero-order valence-electron chi connectivity index (χ0n) is 17.0. The number of sulfonamides is 1. The Morgan fingerprint density at radius 3 is 2.30 bits per heavy atom. The van der Waals surface area contributed by atoms with Gasteiger partial charge in [0.05, 0.1) is 25.7 Å². The molecule has 9 nitrogen and oxygen atoms in total. The summed E-state index contributed by atoms with van der Waals surface area (Å²) in [6.45, 7) is -0.254. The predicted octanol–water partition coefficient (Wildman–Crippen LogP) is 1.47. The smallest absolute Gasteiger partial charge is 0.243 e. The van der Waals surface area contributed by atoms with Crippen LogP contribution in [0.15, 0.2) is 53.4 Å². The molecular formula is C20H25N3O6S. The van der Waals surface area contributed by atoms with Crippen molar-refractivity contribution < 1.29 is 27.5 Å². The monoisotopic (exact) mass is 435 g/mol. The molecule has 0 atom stereocenters. The molecule has 0 heterocycles. The van der Waals surface area contributed by atoms with E-state index >= 15 is 0 Å². The van der Waals surface area contributed by atoms with Crippen LogP contribution in [-0.2, 0) is 19.6 Å². The van der Waals surface area contributed by atoms with Gasteiger partial charge >= 0.3 is 0 Å². The van der Waals surface area contributed by atoms with E-state index in [2.05, 4.69) is 10.0 Å². The lowest BCUT2D eigenvalue weighted by molar-refractivity contribution is -0.133. The maximum absolute atomic E-state index is 12.4. The minimum Gasteiger partial charge on any atom is -0.493 e. The predicted molar refractivity (Wildman–Crippen MR) is 112 cm³/mol. The van der Waals surface area contributed by atoms with Crippen molar-refractivity contribution in [1.29, 1.82) is 0 Å². The molecule has 2 N–H and O–H groups in total. The van der Waals surface area contributed by atoms with Crippen LogP contribution >= 0.6 is 0 Å². The third-order valence-electron chi connectivity index (χ3n) is 4.16. The summed E-state index contributed by atoms with van der Waals surface area (Å²) in [5, 5.41) is 2.68. The number of rotatable bonds is 10. The SMILES string of the molecule is COc1ccc(S(=O)(=O)NCCC(=O)N(C)CC(=O)Nc2ccccc2)cc1OC. The number of para-hydroxylation sites is 1. The average Bonchev–Trinajstić information content (AvgIpc) is 2.73. The van der Waals surface area contributed by atoms with Crippen molar-refractivity contribution in [3.8, 4) is 11.5 Å². The van der Waals surface area contributed by atoms with Crippen LogP contribution in [0.4, 0.5) is 5.69 Å². The summed E-state index contributed by atoms with van der Waals surface area (Å²) >= 11 is 0. The number of carbonyl (C=O) groups is 2. The van der Waals surface area contributed by atoms with Gasteiger partial charge in [-0.15, -0.1) is 0 Å². The number of anilines is 1. The molecular weight excluding hydrogens is 410 g/mol. The number of ether oxygens (including phenoxy) is 2. The van der Waals surface area contributed by atoms with E-state index in [4.69, 9.17) is 9.47 Å². The summed E-state index contributed by atoms with van der Waals surface area (Å²) in [7, 11) is 0.501. The summed E-state index contributed by atoms with van der Waals surface area (Å²) in [6.07, 6.45) is -0.0956. The summed E-state index contributed by atoms with van der Waals surface area (Å²) in [6, 6.07) is 13.1. The molecule has 0 radical (unpaired) electrons. The van der Waals surface area contributed by atoms with Crippen molar-refractivity contribution in [2.24, 2.45) is 0 Å². The molecule has 10 heteroatoms. The van der Waals surface area contributed by atoms with Crippen molar-refractivity contribution in [2.75, 3.05) is 39.7 Å². The standard InChI is InChI=1S/C20H25N3O6S/c1-23(14-19(24)22-15-7-5-4-6-8-15)20(25)11-12-21-30(26,27)16-9-10-17(28-2)18(13-16)29-3/h4-10,13,21H,11-12,14H2,1-3H3,(H,22,24). The summed E-state index contributed by atoms with van der Waals surface area (Å²) in [4.78, 5) is 25.5. The van der Waals surface area contributed by atoms with E-state index in [1.807, 2.05) is 6.07 Å². The molecule has 2 amide bonds. The van der Waals surface area contributed by atoms with Gasteiger partial charge in [-0.05, 0) is 24.3 Å². The molecule has 0 fully saturated rings. The number of benzene rings is 2. The van der Waals surface area contributed by atoms with E-state index in [1.165, 1.54) is 44.4 Å². The highest BCUT2D eigenvalue weighted by atomic mass is 32.2. The normalized spacial score (nSPS) is 10.9. The van der Waals surface area contributed by atoms with Gasteiger partial charge in [0.1, 0.15) is 0 Å². The first kappa shape index (κ1) is 23.2. The van der Waals surface area contributed by atoms with Gasteiger partial charge in [-0.2, -0.15) is 0 Å². The first-order valence-electron chi connectivity index (χ1n) is 9.07. The lowest BCUT2D eigenvalue weighted by Crippen LogP contribution is -2.37. The zero-order chi connectivity index (χ0) is 22.1. The quantitative estimate of drug-likeness (QED) is 0.584. The van der Waals surface area contributed by atoms with Gasteiger partial charge in [0.25, 0.3) is 0 Å². The molecule has 2 aromatic rings. The van der Waals surface area contributed by atoms with E-state index < -0.39 is 10.0 Å². The molecule has 2 rings (SSSR count). The van der Waals surface area contributed by atoms with Gasteiger partial charge in [0.2, 0.25) is 21.8 Å². The van der Waals surface area contributed by atoms with Crippen molar-refractivity contribution in [3.05, 3.63) is 48.5 Å². The van der Waals surface area contributed by atoms with Crippen LogP contribution < -0.4 is 19.5 Å². The van der Waals surface area contributed by atoms with Crippen LogP contribution in [0, 0.1) is 0 Å². The van der Waals surface area contributed by atoms with E-state index in [-0.39, 0.29) is 42.0 Å². The van der Waals surface area contributed by atoms with Crippen LogP contribution in [0.5, 0.6) is 11.5 Å². The summed E-state index contributed by atoms with van der Waals surface area (Å²) < 4.78 is 37.4. The van der Waals surface area contributed by atoms with Gasteiger partial charge in [-0.1, -0.05) is 18.2 Å². The Labute approximate surface area is 176 Å². The van der Waals surface area contributed by atoms with E-state index in [1.54, 1.807) is 24.3 Å². The maximum atomic E-state index is 12.4. The second-order valence-corrected chi connectivity index (χ2v) is 8.10. The molecule has 162 valence electrons. The number of likely N-dealkylation sites (N-methyl/N-ethyl adjacent to an activating group) is 1. The minimum absolute atomic E-state index is 0.0109. The second kappa shape index (κ2) is 10.6. The number of hydrogen-bond acceptors (Lipinski definition) is 6. The molecule has 0 aliphatic heterocycles. The fraction of sp³-hybridized carbons (Fsp3) is 0.300. The Bertz CT molecular complexity index is 979. The third kappa shape index (κ3) is 6.46. The number of amides is 2. The van der Waals surface area contributed by atoms with Crippen molar-refractivity contribution in [2.45, 2.75) is 11.3 Å². The molecule has 0 aliphatic carbocycles. The Morgan fingerprint density at radius 1 is 1.00 bits per heavy atom. The Balaban J connectivity index is 1.86. The van der Waals surface area contributed by atoms with Gasteiger partial charge in [0.15, 0.2) is 11.5 Å². The fourth-order valence-electron chi connectivity index (χ4n) is 2.58. The maximum Gasteiger partial charge on any atom is 0.243 e. The lowest BCUT2D eigenvalue weighted by atomic mass is 10.3. The number of hydrogen-bond donors (Lipinski definition) is 2. The Hall–Kier alpha value is -3.11. The lowest BCUT2D eigenvalue weighted by Gasteiger charge is -2.17. The number of nitrogens with zero attached hydrogens (tertiary/aromatic N) is 1. The van der Waals surface area contributed by atoms with Crippen molar-refractivity contribution in [1.82, 2.24) is 9.62 Å². The average molecular weight is 436 g/mol. The topological polar surface area (TPSA) is 114 Å². The molecule has 0 saturated carbocycles. The highest BCUT2D eigenvalue weighted by Gasteiger charge is 2.18. The van der Waals surface area contributed by atoms with Crippen LogP contribution in [-0.4, -0.2) is 59.5 Å². The van der Waals surface area contributed by atoms with E-state index in [9.17, 15) is 18.0 Å². The molecule has 30 heavy (non-hydrogen) atoms. The van der Waals surface area contributed by atoms with Crippen molar-refractivity contribution in [3.63, 3.8) is 0 Å². The fourth-order valence-corrected chi connectivity index (χ4v) is 3.62. The zero-order valence-corrected chi connectivity index (χ0v) is 17.9. The first-order valence-corrected chi connectivity index (χ1v) is 10.6. The summed E-state index contributed by atoms with van der Waals surface area (Å²) in [5.41, 5.74) is 0.631. The number of nitrogens with one attached hydrogen (secondary N) is 2. The van der Waals surface area contributed by atoms with Gasteiger partial charge < -0.3 is 19.7 Å². The van der Waals surface area contributed by atoms with Crippen LogP contribution in [0.2, 0.25) is 0 Å². The Kier molecular flexibility index (Phi) is 8.19. The Morgan fingerprint density at radius 2 is 1.67 bits per heavy atom. The molecule has 0 unspecified atom stereocenters. The van der Waals surface area contributed by atoms with E-state index in [0.717, 1.165) is 0 Å². The van der Waals surface area contributed by atoms with Crippen LogP contribution in [0.25, 0.3) is 0 Å². The van der Waals surface area contributed by atoms with Gasteiger partial charge in [-0.3, -0.25) is 9.59 Å². The molecule has 0 saturated heterocycles. The molecule has 2 aromatic carbocycles. The largest absolute Gasteiger partial charge is 0.493 e. The molecule has 0 aliphatic rings. The second-order valence-electron chi connectivity index (χ2n) is 6.33. The van der Waals surface area contributed by atoms with Crippen LogP contribution in [0.1, 0.15) is 6.42 Å². The van der Waals surface area contributed by atoms with E-state index in [0.29, 0.717) is 11.4 Å². The number of carbonyl (C=O) groups excluding carboxylic acids is 2. The van der Waals surface area contributed by atoms with Gasteiger partial charge in [0, 0.05) is 31.8 Å². The minimum atomic E-state index is -3.84. The molecule has 0 aromatic heterocycles. The molecule has 0 bridgehead atoms.